The maximum Gasteiger partial charge on any atom is 0.226 e. The number of aromatic nitrogens is 1. The van der Waals surface area contributed by atoms with Crippen molar-refractivity contribution in [3.63, 3.8) is 0 Å². The first kappa shape index (κ1) is 19.4. The molecule has 0 saturated heterocycles. The fraction of sp³-hybridized carbons (Fsp3) is 0.444. The minimum Gasteiger partial charge on any atom is -0.325 e. The van der Waals surface area contributed by atoms with E-state index in [1.165, 1.54) is 66.8 Å². The predicted octanol–water partition coefficient (Wildman–Crippen LogP) is 6.43. The number of hydrogen-bond donors (Lipinski definition) is 0. The molecule has 3 aromatic rings. The average molecular weight is 431 g/mol. The second kappa shape index (κ2) is 7.98. The summed E-state index contributed by atoms with van der Waals surface area (Å²) in [5.74, 6) is 0.546. The summed E-state index contributed by atoms with van der Waals surface area (Å²) >= 11 is 1.97. The molecule has 3 nitrogen and oxygen atoms in total. The van der Waals surface area contributed by atoms with Crippen LogP contribution in [0.5, 0.6) is 0 Å². The summed E-state index contributed by atoms with van der Waals surface area (Å²) in [4.78, 5) is 17.8. The highest BCUT2D eigenvalue weighted by Crippen LogP contribution is 2.44. The summed E-state index contributed by atoms with van der Waals surface area (Å²) in [5, 5.41) is 1.35. The lowest BCUT2D eigenvalue weighted by Crippen LogP contribution is -2.39. The number of hydrogen-bond acceptors (Lipinski definition) is 2. The molecule has 1 amide bonds. The maximum atomic E-state index is 14.0. The van der Waals surface area contributed by atoms with Crippen molar-refractivity contribution < 1.29 is 4.79 Å². The van der Waals surface area contributed by atoms with E-state index >= 15 is 0 Å². The van der Waals surface area contributed by atoms with Crippen LogP contribution in [0.1, 0.15) is 78.2 Å². The molecule has 1 aromatic carbocycles. The monoisotopic (exact) mass is 430 g/mol. The summed E-state index contributed by atoms with van der Waals surface area (Å²) in [7, 11) is 0. The molecule has 6 rings (SSSR count). The highest BCUT2D eigenvalue weighted by molar-refractivity contribution is 7.15. The largest absolute Gasteiger partial charge is 0.325 e. The van der Waals surface area contributed by atoms with Gasteiger partial charge in [-0.25, -0.2) is 0 Å². The van der Waals surface area contributed by atoms with Crippen molar-refractivity contribution in [2.75, 3.05) is 0 Å². The van der Waals surface area contributed by atoms with E-state index in [9.17, 15) is 4.79 Å². The third-order valence-corrected chi connectivity index (χ3v) is 8.87. The van der Waals surface area contributed by atoms with E-state index in [1.54, 1.807) is 10.4 Å². The van der Waals surface area contributed by atoms with Gasteiger partial charge in [0.2, 0.25) is 5.91 Å². The Morgan fingerprint density at radius 2 is 1.68 bits per heavy atom. The van der Waals surface area contributed by atoms with Gasteiger partial charge in [0, 0.05) is 29.1 Å². The van der Waals surface area contributed by atoms with Crippen LogP contribution in [0.4, 0.5) is 0 Å². The number of fused-ring (bicyclic) bond motifs is 5. The van der Waals surface area contributed by atoms with Crippen molar-refractivity contribution in [3.05, 3.63) is 75.9 Å². The normalized spacial score (nSPS) is 21.2. The minimum absolute atomic E-state index is 0.0236. The van der Waals surface area contributed by atoms with E-state index in [2.05, 4.69) is 58.1 Å². The molecule has 160 valence electrons. The van der Waals surface area contributed by atoms with E-state index in [0.717, 1.165) is 19.4 Å². The average Bonchev–Trinajstić information content (AvgIpc) is 3.42. The molecule has 0 spiro atoms. The smallest absolute Gasteiger partial charge is 0.226 e. The van der Waals surface area contributed by atoms with Crippen LogP contribution in [0.15, 0.2) is 48.7 Å². The van der Waals surface area contributed by atoms with Crippen molar-refractivity contribution in [1.29, 1.82) is 0 Å². The van der Waals surface area contributed by atoms with Crippen molar-refractivity contribution >= 4 is 17.2 Å². The fourth-order valence-electron chi connectivity index (χ4n) is 5.97. The number of nitrogens with zero attached hydrogens (tertiary/aromatic N) is 2. The molecule has 0 N–H and O–H groups in total. The molecule has 0 radical (unpaired) electrons. The number of thiophene rings is 1. The van der Waals surface area contributed by atoms with Gasteiger partial charge >= 0.3 is 0 Å². The molecule has 31 heavy (non-hydrogen) atoms. The van der Waals surface area contributed by atoms with Crippen LogP contribution in [0.2, 0.25) is 0 Å². The fourth-order valence-corrected chi connectivity index (χ4v) is 7.38. The minimum atomic E-state index is -0.0236. The Bertz CT molecular complexity index is 1090. The standard InChI is InChI=1S/C27H30N2OS/c30-26(20-12-5-2-6-13-20)29-18-22-21-14-7-8-16-24(21)31-27(22)28-17-9-15-23(28)25(29)19-10-3-1-4-11-19/h1,3-4,9-11,15,17,20,25H,2,5-8,12-14,16,18H2/t25-/m0/s1. The van der Waals surface area contributed by atoms with E-state index < -0.39 is 0 Å². The van der Waals surface area contributed by atoms with E-state index in [0.29, 0.717) is 5.91 Å². The Balaban J connectivity index is 1.52. The third-order valence-electron chi connectivity index (χ3n) is 7.53. The van der Waals surface area contributed by atoms with Gasteiger partial charge in [-0.2, -0.15) is 0 Å². The van der Waals surface area contributed by atoms with Gasteiger partial charge in [0.25, 0.3) is 0 Å². The SMILES string of the molecule is O=C(C1CCCCC1)N1Cc2c(sc3c2CCCC3)-n2cccc2[C@@H]1c1ccccc1. The summed E-state index contributed by atoms with van der Waals surface area (Å²) in [6.07, 6.45) is 12.9. The summed E-state index contributed by atoms with van der Waals surface area (Å²) < 4.78 is 2.39. The molecule has 3 aliphatic rings. The van der Waals surface area contributed by atoms with Gasteiger partial charge < -0.3 is 9.47 Å². The van der Waals surface area contributed by atoms with Crippen molar-refractivity contribution in [2.24, 2.45) is 5.92 Å². The first-order valence-corrected chi connectivity index (χ1v) is 12.8. The van der Waals surface area contributed by atoms with Crippen molar-refractivity contribution in [3.8, 4) is 5.00 Å². The summed E-state index contributed by atoms with van der Waals surface area (Å²) in [5.41, 5.74) is 5.41. The lowest BCUT2D eigenvalue weighted by Gasteiger charge is -2.35. The number of amides is 1. The predicted molar refractivity (Wildman–Crippen MR) is 126 cm³/mol. The van der Waals surface area contributed by atoms with E-state index in [4.69, 9.17) is 0 Å². The third kappa shape index (κ3) is 3.27. The zero-order valence-corrected chi connectivity index (χ0v) is 18.9. The van der Waals surface area contributed by atoms with Gasteiger partial charge in [-0.15, -0.1) is 11.3 Å². The van der Waals surface area contributed by atoms with Crippen LogP contribution < -0.4 is 0 Å². The topological polar surface area (TPSA) is 25.2 Å². The second-order valence-electron chi connectivity index (χ2n) is 9.41. The van der Waals surface area contributed by atoms with Crippen LogP contribution in [0.3, 0.4) is 0 Å². The Morgan fingerprint density at radius 3 is 2.52 bits per heavy atom. The van der Waals surface area contributed by atoms with Crippen molar-refractivity contribution in [2.45, 2.75) is 70.4 Å². The molecule has 1 atom stereocenters. The number of carbonyl (C=O) groups excluding carboxylic acids is 1. The van der Waals surface area contributed by atoms with Gasteiger partial charge in [-0.05, 0) is 61.8 Å². The molecule has 4 heteroatoms. The molecule has 1 fully saturated rings. The molecular formula is C27H30N2OS. The van der Waals surface area contributed by atoms with Gasteiger partial charge in [-0.1, -0.05) is 49.6 Å². The molecule has 0 bridgehead atoms. The van der Waals surface area contributed by atoms with Crippen LogP contribution in [0.25, 0.3) is 5.00 Å². The van der Waals surface area contributed by atoms with E-state index in [1.807, 2.05) is 11.3 Å². The lowest BCUT2D eigenvalue weighted by molar-refractivity contribution is -0.139. The van der Waals surface area contributed by atoms with Crippen LogP contribution >= 0.6 is 11.3 Å². The summed E-state index contributed by atoms with van der Waals surface area (Å²) in [6.45, 7) is 0.748. The molecule has 3 heterocycles. The molecule has 1 aliphatic heterocycles. The number of aryl methyl sites for hydroxylation is 1. The highest BCUT2D eigenvalue weighted by atomic mass is 32.1. The summed E-state index contributed by atoms with van der Waals surface area (Å²) in [6, 6.07) is 15.0. The number of benzene rings is 1. The Labute approximate surface area is 188 Å². The quantitative estimate of drug-likeness (QED) is 0.460. The van der Waals surface area contributed by atoms with Crippen LogP contribution in [-0.2, 0) is 24.2 Å². The zero-order valence-electron chi connectivity index (χ0n) is 18.1. The highest BCUT2D eigenvalue weighted by Gasteiger charge is 2.38. The number of carbonyl (C=O) groups is 1. The Morgan fingerprint density at radius 1 is 0.871 bits per heavy atom. The Kier molecular flexibility index (Phi) is 4.98. The molecule has 2 aromatic heterocycles. The zero-order chi connectivity index (χ0) is 20.8. The lowest BCUT2D eigenvalue weighted by atomic mass is 9.87. The number of rotatable bonds is 2. The van der Waals surface area contributed by atoms with Crippen LogP contribution in [0, 0.1) is 5.92 Å². The maximum absolute atomic E-state index is 14.0. The first-order valence-electron chi connectivity index (χ1n) is 12.0. The molecule has 2 aliphatic carbocycles. The van der Waals surface area contributed by atoms with Crippen molar-refractivity contribution in [1.82, 2.24) is 9.47 Å². The van der Waals surface area contributed by atoms with E-state index in [-0.39, 0.29) is 12.0 Å². The van der Waals surface area contributed by atoms with Gasteiger partial charge in [0.1, 0.15) is 5.00 Å². The second-order valence-corrected chi connectivity index (χ2v) is 10.5. The van der Waals surface area contributed by atoms with Gasteiger partial charge in [0.05, 0.1) is 11.7 Å². The van der Waals surface area contributed by atoms with Gasteiger partial charge in [0.15, 0.2) is 0 Å². The van der Waals surface area contributed by atoms with Gasteiger partial charge in [-0.3, -0.25) is 4.79 Å². The molecule has 0 unspecified atom stereocenters. The Hall–Kier alpha value is -2.33. The first-order chi connectivity index (χ1) is 15.3. The van der Waals surface area contributed by atoms with Crippen LogP contribution in [-0.4, -0.2) is 15.4 Å². The molecule has 1 saturated carbocycles. The molecular weight excluding hydrogens is 400 g/mol.